The Hall–Kier alpha value is -3.34. The van der Waals surface area contributed by atoms with Crippen molar-refractivity contribution in [3.8, 4) is 0 Å². The summed E-state index contributed by atoms with van der Waals surface area (Å²) in [5.74, 6) is -0.139. The van der Waals surface area contributed by atoms with Crippen LogP contribution in [0.4, 0.5) is 17.1 Å². The molecule has 3 rings (SSSR count). The molecule has 0 aliphatic rings. The molecule has 0 atom stereocenters. The maximum atomic E-state index is 12.5. The first-order chi connectivity index (χ1) is 14.1. The number of benzene rings is 2. The fraction of sp³-hybridized carbons (Fsp3) is 0.250. The summed E-state index contributed by atoms with van der Waals surface area (Å²) in [6.07, 6.45) is 3.30. The van der Waals surface area contributed by atoms with Crippen LogP contribution in [0.1, 0.15) is 35.3 Å². The Kier molecular flexibility index (Phi) is 6.85. The van der Waals surface area contributed by atoms with E-state index in [2.05, 4.69) is 52.6 Å². The third-order valence-corrected chi connectivity index (χ3v) is 4.82. The molecule has 0 spiro atoms. The number of aryl methyl sites for hydroxylation is 1. The quantitative estimate of drug-likeness (QED) is 0.576. The molecule has 5 nitrogen and oxygen atoms in total. The van der Waals surface area contributed by atoms with Gasteiger partial charge in [-0.05, 0) is 56.7 Å². The molecule has 0 aliphatic heterocycles. The van der Waals surface area contributed by atoms with E-state index >= 15 is 0 Å². The number of pyridine rings is 1. The molecule has 0 saturated carbocycles. The summed E-state index contributed by atoms with van der Waals surface area (Å²) in [7, 11) is 0. The predicted molar refractivity (Wildman–Crippen MR) is 120 cm³/mol. The number of nitrogens with zero attached hydrogens (tertiary/aromatic N) is 2. The smallest absolute Gasteiger partial charge is 0.253 e. The van der Waals surface area contributed by atoms with Crippen molar-refractivity contribution in [2.75, 3.05) is 23.3 Å². The Balaban J connectivity index is 1.63. The van der Waals surface area contributed by atoms with Crippen LogP contribution in [0.25, 0.3) is 0 Å². The van der Waals surface area contributed by atoms with Gasteiger partial charge in [-0.1, -0.05) is 29.8 Å². The molecule has 1 amide bonds. The van der Waals surface area contributed by atoms with Crippen molar-refractivity contribution in [3.05, 3.63) is 83.7 Å². The molecule has 1 aromatic heterocycles. The van der Waals surface area contributed by atoms with Gasteiger partial charge in [-0.2, -0.15) is 0 Å². The zero-order chi connectivity index (χ0) is 20.6. The molecule has 2 N–H and O–H groups in total. The van der Waals surface area contributed by atoms with Gasteiger partial charge in [0.15, 0.2) is 0 Å². The summed E-state index contributed by atoms with van der Waals surface area (Å²) >= 11 is 0. The monoisotopic (exact) mass is 388 g/mol. The Morgan fingerprint density at radius 2 is 1.72 bits per heavy atom. The van der Waals surface area contributed by atoms with Crippen LogP contribution in [0.2, 0.25) is 0 Å². The highest BCUT2D eigenvalue weighted by atomic mass is 16.1. The van der Waals surface area contributed by atoms with E-state index in [1.165, 1.54) is 11.3 Å². The van der Waals surface area contributed by atoms with Crippen molar-refractivity contribution in [2.45, 2.75) is 27.3 Å². The Morgan fingerprint density at radius 1 is 0.966 bits per heavy atom. The summed E-state index contributed by atoms with van der Waals surface area (Å²) in [4.78, 5) is 19.0. The fourth-order valence-corrected chi connectivity index (χ4v) is 3.25. The zero-order valence-corrected chi connectivity index (χ0v) is 17.3. The normalized spacial score (nSPS) is 10.4. The molecule has 0 saturated heterocycles. The maximum absolute atomic E-state index is 12.5. The number of hydrogen-bond donors (Lipinski definition) is 2. The van der Waals surface area contributed by atoms with Crippen LogP contribution < -0.4 is 15.5 Å². The van der Waals surface area contributed by atoms with Crippen LogP contribution in [-0.2, 0) is 6.54 Å². The molecule has 5 heteroatoms. The largest absolute Gasteiger partial charge is 0.372 e. The molecule has 0 aliphatic carbocycles. The van der Waals surface area contributed by atoms with E-state index in [9.17, 15) is 4.79 Å². The number of aromatic nitrogens is 1. The second-order valence-corrected chi connectivity index (χ2v) is 6.98. The van der Waals surface area contributed by atoms with Crippen LogP contribution in [0, 0.1) is 6.92 Å². The lowest BCUT2D eigenvalue weighted by molar-refractivity contribution is 0.0950. The first kappa shape index (κ1) is 20.4. The van der Waals surface area contributed by atoms with E-state index in [1.807, 2.05) is 43.3 Å². The zero-order valence-electron chi connectivity index (χ0n) is 17.3. The highest BCUT2D eigenvalue weighted by molar-refractivity contribution is 5.94. The van der Waals surface area contributed by atoms with Crippen LogP contribution in [-0.4, -0.2) is 24.0 Å². The van der Waals surface area contributed by atoms with E-state index < -0.39 is 0 Å². The molecule has 29 heavy (non-hydrogen) atoms. The van der Waals surface area contributed by atoms with Crippen LogP contribution >= 0.6 is 0 Å². The molecule has 150 valence electrons. The predicted octanol–water partition coefficient (Wildman–Crippen LogP) is 4.91. The maximum Gasteiger partial charge on any atom is 0.253 e. The second-order valence-electron chi connectivity index (χ2n) is 6.98. The van der Waals surface area contributed by atoms with Gasteiger partial charge in [-0.25, -0.2) is 0 Å². The second kappa shape index (κ2) is 9.73. The van der Waals surface area contributed by atoms with Crippen molar-refractivity contribution in [2.24, 2.45) is 0 Å². The average molecular weight is 389 g/mol. The Labute approximate surface area is 172 Å². The summed E-state index contributed by atoms with van der Waals surface area (Å²) in [5.41, 5.74) is 5.72. The van der Waals surface area contributed by atoms with Crippen molar-refractivity contribution >= 4 is 23.0 Å². The van der Waals surface area contributed by atoms with E-state index in [4.69, 9.17) is 0 Å². The summed E-state index contributed by atoms with van der Waals surface area (Å²) < 4.78 is 0. The highest BCUT2D eigenvalue weighted by Gasteiger charge is 2.08. The van der Waals surface area contributed by atoms with Crippen molar-refractivity contribution in [1.82, 2.24) is 10.3 Å². The standard InChI is InChI=1S/C24H28N4O/c1-4-28(5-2)23-11-9-21(10-12-23)27-22-14-20(16-25-17-22)24(29)26-15-19-8-6-7-18(3)13-19/h6-14,16-17,27H,4-5,15H2,1-3H3,(H,26,29). The van der Waals surface area contributed by atoms with Crippen molar-refractivity contribution in [3.63, 3.8) is 0 Å². The molecule has 0 bridgehead atoms. The van der Waals surface area contributed by atoms with Gasteiger partial charge in [-0.15, -0.1) is 0 Å². The lowest BCUT2D eigenvalue weighted by Crippen LogP contribution is -2.23. The number of carbonyl (C=O) groups excluding carboxylic acids is 1. The lowest BCUT2D eigenvalue weighted by Gasteiger charge is -2.21. The SMILES string of the molecule is CCN(CC)c1ccc(Nc2cncc(C(=O)NCc3cccc(C)c3)c2)cc1. The van der Waals surface area contributed by atoms with E-state index in [1.54, 1.807) is 12.4 Å². The number of anilines is 3. The van der Waals surface area contributed by atoms with Crippen LogP contribution in [0.15, 0.2) is 67.0 Å². The van der Waals surface area contributed by atoms with E-state index in [0.717, 1.165) is 30.0 Å². The molecule has 0 unspecified atom stereocenters. The van der Waals surface area contributed by atoms with Gasteiger partial charge in [0.25, 0.3) is 5.91 Å². The molecule has 2 aromatic carbocycles. The van der Waals surface area contributed by atoms with Gasteiger partial charge in [0.2, 0.25) is 0 Å². The number of carbonyl (C=O) groups is 1. The Morgan fingerprint density at radius 3 is 2.41 bits per heavy atom. The van der Waals surface area contributed by atoms with E-state index in [0.29, 0.717) is 12.1 Å². The summed E-state index contributed by atoms with van der Waals surface area (Å²) in [6, 6.07) is 18.2. The Bertz CT molecular complexity index is 949. The van der Waals surface area contributed by atoms with Gasteiger partial charge >= 0.3 is 0 Å². The third kappa shape index (κ3) is 5.57. The first-order valence-corrected chi connectivity index (χ1v) is 10.00. The van der Waals surface area contributed by atoms with Crippen molar-refractivity contribution in [1.29, 1.82) is 0 Å². The number of hydrogen-bond acceptors (Lipinski definition) is 4. The molecular weight excluding hydrogens is 360 g/mol. The van der Waals surface area contributed by atoms with Crippen LogP contribution in [0.5, 0.6) is 0 Å². The minimum absolute atomic E-state index is 0.139. The third-order valence-electron chi connectivity index (χ3n) is 4.82. The summed E-state index contributed by atoms with van der Waals surface area (Å²) in [6.45, 7) is 8.79. The number of nitrogens with one attached hydrogen (secondary N) is 2. The minimum atomic E-state index is -0.139. The lowest BCUT2D eigenvalue weighted by atomic mass is 10.1. The molecule has 0 fully saturated rings. The van der Waals surface area contributed by atoms with Crippen LogP contribution in [0.3, 0.4) is 0 Å². The van der Waals surface area contributed by atoms with Gasteiger partial charge < -0.3 is 15.5 Å². The number of amides is 1. The first-order valence-electron chi connectivity index (χ1n) is 10.00. The fourth-order valence-electron chi connectivity index (χ4n) is 3.25. The highest BCUT2D eigenvalue weighted by Crippen LogP contribution is 2.21. The minimum Gasteiger partial charge on any atom is -0.372 e. The van der Waals surface area contributed by atoms with Gasteiger partial charge in [-0.3, -0.25) is 9.78 Å². The number of rotatable bonds is 8. The molecular formula is C24H28N4O. The molecule has 3 aromatic rings. The van der Waals surface area contributed by atoms with Gasteiger partial charge in [0.1, 0.15) is 0 Å². The van der Waals surface area contributed by atoms with Gasteiger partial charge in [0, 0.05) is 37.2 Å². The molecule has 1 heterocycles. The average Bonchev–Trinajstić information content (AvgIpc) is 2.74. The topological polar surface area (TPSA) is 57.3 Å². The van der Waals surface area contributed by atoms with Gasteiger partial charge in [0.05, 0.1) is 17.4 Å². The van der Waals surface area contributed by atoms with Crippen molar-refractivity contribution < 1.29 is 4.79 Å². The van der Waals surface area contributed by atoms with E-state index in [-0.39, 0.29) is 5.91 Å². The molecule has 0 radical (unpaired) electrons. The summed E-state index contributed by atoms with van der Waals surface area (Å²) in [5, 5.41) is 6.28.